The molecule has 2 heterocycles. The Bertz CT molecular complexity index is 381. The quantitative estimate of drug-likeness (QED) is 0.609. The van der Waals surface area contributed by atoms with Crippen LogP contribution in [0.4, 0.5) is 0 Å². The zero-order valence-corrected chi connectivity index (χ0v) is 9.88. The third-order valence-electron chi connectivity index (χ3n) is 2.62. The largest absolute Gasteiger partial charge is 0.311 e. The van der Waals surface area contributed by atoms with E-state index in [1.54, 1.807) is 0 Å². The van der Waals surface area contributed by atoms with Crippen molar-refractivity contribution in [3.8, 4) is 0 Å². The SMILES string of the molecule is Cc1cn(C)nc1CC1=CC(Cl)CNC1. The van der Waals surface area contributed by atoms with Gasteiger partial charge < -0.3 is 5.32 Å². The monoisotopic (exact) mass is 225 g/mol. The molecule has 3 nitrogen and oxygen atoms in total. The predicted octanol–water partition coefficient (Wildman–Crippen LogP) is 1.41. The molecule has 0 fully saturated rings. The van der Waals surface area contributed by atoms with Crippen LogP contribution in [0.2, 0.25) is 0 Å². The second-order valence-corrected chi connectivity index (χ2v) is 4.64. The number of aryl methyl sites for hydroxylation is 2. The van der Waals surface area contributed by atoms with Crippen LogP contribution in [-0.2, 0) is 13.5 Å². The number of alkyl halides is 1. The van der Waals surface area contributed by atoms with Crippen molar-refractivity contribution < 1.29 is 0 Å². The van der Waals surface area contributed by atoms with Crippen LogP contribution < -0.4 is 5.32 Å². The second-order valence-electron chi connectivity index (χ2n) is 4.08. The molecule has 15 heavy (non-hydrogen) atoms. The number of nitrogens with zero attached hydrogens (tertiary/aromatic N) is 2. The van der Waals surface area contributed by atoms with E-state index in [-0.39, 0.29) is 5.38 Å². The molecule has 0 amide bonds. The Hall–Kier alpha value is -0.800. The summed E-state index contributed by atoms with van der Waals surface area (Å²) in [6, 6.07) is 0. The van der Waals surface area contributed by atoms with Crippen LogP contribution in [-0.4, -0.2) is 28.2 Å². The van der Waals surface area contributed by atoms with Crippen molar-refractivity contribution in [1.29, 1.82) is 0 Å². The molecule has 0 saturated carbocycles. The van der Waals surface area contributed by atoms with Gasteiger partial charge >= 0.3 is 0 Å². The smallest absolute Gasteiger partial charge is 0.0694 e. The molecule has 1 atom stereocenters. The second kappa shape index (κ2) is 4.37. The van der Waals surface area contributed by atoms with E-state index < -0.39 is 0 Å². The van der Waals surface area contributed by atoms with E-state index in [4.69, 9.17) is 11.6 Å². The van der Waals surface area contributed by atoms with Gasteiger partial charge in [0.05, 0.1) is 11.1 Å². The summed E-state index contributed by atoms with van der Waals surface area (Å²) in [6.45, 7) is 3.89. The molecule has 0 aromatic carbocycles. The summed E-state index contributed by atoms with van der Waals surface area (Å²) in [4.78, 5) is 0. The third kappa shape index (κ3) is 2.61. The van der Waals surface area contributed by atoms with Crippen LogP contribution in [0.15, 0.2) is 17.8 Å². The first-order valence-corrected chi connectivity index (χ1v) is 5.62. The van der Waals surface area contributed by atoms with Gasteiger partial charge in [0.15, 0.2) is 0 Å². The van der Waals surface area contributed by atoms with E-state index in [1.807, 2.05) is 17.9 Å². The summed E-state index contributed by atoms with van der Waals surface area (Å²) in [6.07, 6.45) is 5.10. The zero-order chi connectivity index (χ0) is 10.8. The molecule has 0 spiro atoms. The number of nitrogens with one attached hydrogen (secondary N) is 1. The lowest BCUT2D eigenvalue weighted by atomic mass is 10.0. The molecule has 0 bridgehead atoms. The Morgan fingerprint density at radius 1 is 1.67 bits per heavy atom. The van der Waals surface area contributed by atoms with Gasteiger partial charge in [0.2, 0.25) is 0 Å². The molecule has 82 valence electrons. The average molecular weight is 226 g/mol. The van der Waals surface area contributed by atoms with Gasteiger partial charge in [0.1, 0.15) is 0 Å². The van der Waals surface area contributed by atoms with Crippen LogP contribution in [0.5, 0.6) is 0 Å². The fourth-order valence-corrected chi connectivity index (χ4v) is 2.20. The maximum Gasteiger partial charge on any atom is 0.0694 e. The summed E-state index contributed by atoms with van der Waals surface area (Å²) in [7, 11) is 1.95. The van der Waals surface area contributed by atoms with Crippen molar-refractivity contribution >= 4 is 11.6 Å². The van der Waals surface area contributed by atoms with Gasteiger partial charge in [-0.2, -0.15) is 5.10 Å². The van der Waals surface area contributed by atoms with Gasteiger partial charge in [-0.25, -0.2) is 0 Å². The van der Waals surface area contributed by atoms with E-state index >= 15 is 0 Å². The van der Waals surface area contributed by atoms with Gasteiger partial charge in [-0.1, -0.05) is 11.6 Å². The number of hydrogen-bond acceptors (Lipinski definition) is 2. The minimum atomic E-state index is 0.123. The van der Waals surface area contributed by atoms with Gasteiger partial charge in [0.25, 0.3) is 0 Å². The van der Waals surface area contributed by atoms with Gasteiger partial charge in [0, 0.05) is 32.8 Å². The molecule has 0 aliphatic carbocycles. The van der Waals surface area contributed by atoms with E-state index in [0.717, 1.165) is 25.2 Å². The van der Waals surface area contributed by atoms with E-state index in [1.165, 1.54) is 11.1 Å². The third-order valence-corrected chi connectivity index (χ3v) is 2.90. The number of aromatic nitrogens is 2. The first kappa shape index (κ1) is 10.7. The average Bonchev–Trinajstić information content (AvgIpc) is 2.45. The van der Waals surface area contributed by atoms with Crippen LogP contribution in [0.1, 0.15) is 11.3 Å². The summed E-state index contributed by atoms with van der Waals surface area (Å²) < 4.78 is 1.86. The minimum Gasteiger partial charge on any atom is -0.311 e. The van der Waals surface area contributed by atoms with Gasteiger partial charge in [-0.15, -0.1) is 11.6 Å². The lowest BCUT2D eigenvalue weighted by molar-refractivity contribution is 0.685. The number of rotatable bonds is 2. The number of halogens is 1. The Balaban J connectivity index is 2.11. The highest BCUT2D eigenvalue weighted by Crippen LogP contribution is 2.14. The summed E-state index contributed by atoms with van der Waals surface area (Å²) >= 11 is 6.06. The van der Waals surface area contributed by atoms with Crippen molar-refractivity contribution in [2.45, 2.75) is 18.7 Å². The molecule has 4 heteroatoms. The Labute approximate surface area is 95.1 Å². The first-order chi connectivity index (χ1) is 7.15. The van der Waals surface area contributed by atoms with Crippen molar-refractivity contribution in [3.05, 3.63) is 29.1 Å². The topological polar surface area (TPSA) is 29.9 Å². The predicted molar refractivity (Wildman–Crippen MR) is 62.2 cm³/mol. The molecular weight excluding hydrogens is 210 g/mol. The molecule has 1 aromatic heterocycles. The highest BCUT2D eigenvalue weighted by Gasteiger charge is 2.12. The summed E-state index contributed by atoms with van der Waals surface area (Å²) in [5, 5.41) is 7.85. The fraction of sp³-hybridized carbons (Fsp3) is 0.545. The first-order valence-electron chi connectivity index (χ1n) is 5.18. The molecule has 1 N–H and O–H groups in total. The summed E-state index contributed by atoms with van der Waals surface area (Å²) in [5.74, 6) is 0. The highest BCUT2D eigenvalue weighted by molar-refractivity contribution is 6.22. The maximum atomic E-state index is 6.06. The molecule has 1 unspecified atom stereocenters. The molecule has 2 rings (SSSR count). The molecule has 0 radical (unpaired) electrons. The Morgan fingerprint density at radius 3 is 3.07 bits per heavy atom. The van der Waals surface area contributed by atoms with Crippen LogP contribution in [0.25, 0.3) is 0 Å². The van der Waals surface area contributed by atoms with Crippen LogP contribution in [0, 0.1) is 6.92 Å². The normalized spacial score (nSPS) is 21.5. The van der Waals surface area contributed by atoms with Crippen LogP contribution >= 0.6 is 11.6 Å². The van der Waals surface area contributed by atoms with Crippen LogP contribution in [0.3, 0.4) is 0 Å². The van der Waals surface area contributed by atoms with Crippen molar-refractivity contribution in [2.24, 2.45) is 7.05 Å². The Morgan fingerprint density at radius 2 is 2.47 bits per heavy atom. The molecule has 0 saturated heterocycles. The Kier molecular flexibility index (Phi) is 3.12. The van der Waals surface area contributed by atoms with E-state index in [2.05, 4.69) is 23.4 Å². The van der Waals surface area contributed by atoms with Gasteiger partial charge in [-0.3, -0.25) is 4.68 Å². The molecule has 1 aliphatic heterocycles. The lowest BCUT2D eigenvalue weighted by Gasteiger charge is -2.17. The van der Waals surface area contributed by atoms with Crippen molar-refractivity contribution in [2.75, 3.05) is 13.1 Å². The standard InChI is InChI=1S/C11H16ClN3/c1-8-7-15(2)14-11(8)4-9-3-10(12)6-13-5-9/h3,7,10,13H,4-6H2,1-2H3. The minimum absolute atomic E-state index is 0.123. The van der Waals surface area contributed by atoms with E-state index in [9.17, 15) is 0 Å². The maximum absolute atomic E-state index is 6.06. The zero-order valence-electron chi connectivity index (χ0n) is 9.13. The fourth-order valence-electron chi connectivity index (χ4n) is 1.91. The highest BCUT2D eigenvalue weighted by atomic mass is 35.5. The molecule has 1 aromatic rings. The molecule has 1 aliphatic rings. The van der Waals surface area contributed by atoms with Gasteiger partial charge in [-0.05, 0) is 12.5 Å². The van der Waals surface area contributed by atoms with Crippen molar-refractivity contribution in [3.63, 3.8) is 0 Å². The van der Waals surface area contributed by atoms with E-state index in [0.29, 0.717) is 0 Å². The van der Waals surface area contributed by atoms with Crippen molar-refractivity contribution in [1.82, 2.24) is 15.1 Å². The summed E-state index contributed by atoms with van der Waals surface area (Å²) in [5.41, 5.74) is 3.73. The lowest BCUT2D eigenvalue weighted by Crippen LogP contribution is -2.30. The number of hydrogen-bond donors (Lipinski definition) is 1. The molecular formula is C11H16ClN3.